The van der Waals surface area contributed by atoms with Crippen molar-refractivity contribution in [2.75, 3.05) is 6.54 Å². The number of carbonyl (C=O) groups is 2. The smallest absolute Gasteiger partial charge is 0.223 e. The Hall–Kier alpha value is -1.40. The predicted octanol–water partition coefficient (Wildman–Crippen LogP) is 2.15. The highest BCUT2D eigenvalue weighted by Gasteiger charge is 2.48. The molecule has 0 unspecified atom stereocenters. The number of nitrogens with zero attached hydrogens (tertiary/aromatic N) is 1. The van der Waals surface area contributed by atoms with Crippen molar-refractivity contribution in [2.24, 2.45) is 0 Å². The van der Waals surface area contributed by atoms with Gasteiger partial charge >= 0.3 is 0 Å². The molecule has 114 valence electrons. The second kappa shape index (κ2) is 4.81. The number of carbonyl (C=O) groups excluding carboxylic acids is 2. The quantitative estimate of drug-likeness (QED) is 0.850. The summed E-state index contributed by atoms with van der Waals surface area (Å²) in [5.41, 5.74) is -0.796. The van der Waals surface area contributed by atoms with E-state index in [2.05, 4.69) is 0 Å². The minimum Gasteiger partial charge on any atom is -0.484 e. The second-order valence-corrected chi connectivity index (χ2v) is 7.26. The number of fused-ring (bicyclic) bond motifs is 1. The molecule has 3 rings (SSSR count). The Morgan fingerprint density at radius 1 is 1.52 bits per heavy atom. The number of amides is 1. The van der Waals surface area contributed by atoms with E-state index in [0.29, 0.717) is 23.6 Å². The molecule has 0 bridgehead atoms. The molecule has 1 amide bonds. The van der Waals surface area contributed by atoms with Crippen LogP contribution in [0.5, 0.6) is 5.75 Å². The monoisotopic (exact) mass is 309 g/mol. The van der Waals surface area contributed by atoms with Gasteiger partial charge in [0, 0.05) is 19.0 Å². The molecule has 2 aliphatic rings. The fourth-order valence-electron chi connectivity index (χ4n) is 2.99. The summed E-state index contributed by atoms with van der Waals surface area (Å²) in [6.45, 7) is 5.76. The molecular formula is C15H19NO4S. The van der Waals surface area contributed by atoms with Crippen molar-refractivity contribution in [2.45, 2.75) is 51.4 Å². The van der Waals surface area contributed by atoms with Crippen molar-refractivity contribution >= 4 is 23.0 Å². The maximum Gasteiger partial charge on any atom is 0.223 e. The van der Waals surface area contributed by atoms with Crippen LogP contribution in [0.3, 0.4) is 0 Å². The molecule has 1 aromatic rings. The van der Waals surface area contributed by atoms with Crippen LogP contribution in [-0.4, -0.2) is 39.9 Å². The molecule has 21 heavy (non-hydrogen) atoms. The summed E-state index contributed by atoms with van der Waals surface area (Å²) in [5, 5.41) is 10.7. The number of aliphatic hydroxyl groups excluding tert-OH is 1. The van der Waals surface area contributed by atoms with E-state index in [1.165, 1.54) is 18.3 Å². The summed E-state index contributed by atoms with van der Waals surface area (Å²) >= 11 is 1.32. The topological polar surface area (TPSA) is 66.8 Å². The number of ether oxygens (including phenoxy) is 1. The average Bonchev–Trinajstić information content (AvgIpc) is 2.97. The molecule has 2 atom stereocenters. The van der Waals surface area contributed by atoms with Crippen LogP contribution in [0.1, 0.15) is 54.2 Å². The Labute approximate surface area is 127 Å². The van der Waals surface area contributed by atoms with Crippen LogP contribution in [0.15, 0.2) is 6.07 Å². The maximum absolute atomic E-state index is 12.1. The third-order valence-electron chi connectivity index (χ3n) is 4.17. The number of ketones is 1. The van der Waals surface area contributed by atoms with Crippen molar-refractivity contribution in [1.82, 2.24) is 4.90 Å². The summed E-state index contributed by atoms with van der Waals surface area (Å²) in [6.07, 6.45) is 0.513. The Balaban J connectivity index is 2.09. The van der Waals surface area contributed by atoms with Gasteiger partial charge in [0.05, 0.1) is 15.8 Å². The zero-order valence-corrected chi connectivity index (χ0v) is 13.2. The molecule has 0 spiro atoms. The molecule has 2 aliphatic heterocycles. The first-order valence-corrected chi connectivity index (χ1v) is 7.94. The lowest BCUT2D eigenvalue weighted by Gasteiger charge is -2.43. The number of rotatable bonds is 2. The van der Waals surface area contributed by atoms with Crippen molar-refractivity contribution in [3.8, 4) is 5.75 Å². The van der Waals surface area contributed by atoms with Crippen LogP contribution in [0.25, 0.3) is 0 Å². The van der Waals surface area contributed by atoms with Gasteiger partial charge in [-0.15, -0.1) is 11.3 Å². The fraction of sp³-hybridized carbons (Fsp3) is 0.600. The lowest BCUT2D eigenvalue weighted by molar-refractivity contribution is -0.139. The van der Waals surface area contributed by atoms with Crippen LogP contribution in [0.2, 0.25) is 0 Å². The minimum atomic E-state index is -0.814. The highest BCUT2D eigenvalue weighted by atomic mass is 32.1. The Morgan fingerprint density at radius 2 is 2.24 bits per heavy atom. The molecule has 3 heterocycles. The molecule has 1 aromatic heterocycles. The van der Waals surface area contributed by atoms with E-state index in [0.717, 1.165) is 11.3 Å². The predicted molar refractivity (Wildman–Crippen MR) is 78.7 cm³/mol. The molecule has 1 saturated heterocycles. The van der Waals surface area contributed by atoms with Gasteiger partial charge in [-0.1, -0.05) is 0 Å². The van der Waals surface area contributed by atoms with E-state index in [9.17, 15) is 14.7 Å². The highest BCUT2D eigenvalue weighted by molar-refractivity contribution is 7.14. The molecule has 0 radical (unpaired) electrons. The standard InChI is InChI=1S/C15H19NO4S/c1-8(17)10-7-9-13(21-10)12(14(19)15(2,3)20-9)16-6-4-5-11(16)18/h7,12,14,19H,4-6H2,1-3H3/t12-,14+/m0/s1. The zero-order chi connectivity index (χ0) is 15.4. The van der Waals surface area contributed by atoms with Gasteiger partial charge in [0.2, 0.25) is 5.91 Å². The summed E-state index contributed by atoms with van der Waals surface area (Å²) < 4.78 is 5.86. The van der Waals surface area contributed by atoms with Crippen molar-refractivity contribution < 1.29 is 19.4 Å². The first-order valence-electron chi connectivity index (χ1n) is 7.12. The largest absolute Gasteiger partial charge is 0.484 e. The van der Waals surface area contributed by atoms with Crippen molar-refractivity contribution in [3.63, 3.8) is 0 Å². The molecule has 6 heteroatoms. The van der Waals surface area contributed by atoms with Gasteiger partial charge in [-0.3, -0.25) is 9.59 Å². The van der Waals surface area contributed by atoms with Crippen molar-refractivity contribution in [1.29, 1.82) is 0 Å². The zero-order valence-electron chi connectivity index (χ0n) is 12.4. The number of hydrogen-bond acceptors (Lipinski definition) is 5. The van der Waals surface area contributed by atoms with E-state index >= 15 is 0 Å². The summed E-state index contributed by atoms with van der Waals surface area (Å²) in [4.78, 5) is 26.8. The third-order valence-corrected chi connectivity index (χ3v) is 5.46. The normalized spacial score (nSPS) is 27.4. The molecular weight excluding hydrogens is 290 g/mol. The van der Waals surface area contributed by atoms with Gasteiger partial charge in [-0.25, -0.2) is 0 Å². The van der Waals surface area contributed by atoms with Gasteiger partial charge < -0.3 is 14.7 Å². The van der Waals surface area contributed by atoms with E-state index in [1.54, 1.807) is 24.8 Å². The lowest BCUT2D eigenvalue weighted by atomic mass is 9.90. The fourth-order valence-corrected chi connectivity index (χ4v) is 4.11. The van der Waals surface area contributed by atoms with E-state index in [1.807, 2.05) is 0 Å². The number of likely N-dealkylation sites (tertiary alicyclic amines) is 1. The van der Waals surface area contributed by atoms with Gasteiger partial charge in [0.15, 0.2) is 5.78 Å². The number of aliphatic hydroxyl groups is 1. The van der Waals surface area contributed by atoms with Gasteiger partial charge in [-0.05, 0) is 27.2 Å². The highest BCUT2D eigenvalue weighted by Crippen LogP contribution is 2.48. The number of hydrogen-bond donors (Lipinski definition) is 1. The van der Waals surface area contributed by atoms with Crippen molar-refractivity contribution in [3.05, 3.63) is 15.8 Å². The number of thiophene rings is 1. The number of Topliss-reactive ketones (excluding diaryl/α,β-unsaturated/α-hetero) is 1. The van der Waals surface area contributed by atoms with Gasteiger partial charge in [0.1, 0.15) is 17.5 Å². The van der Waals surface area contributed by atoms with E-state index < -0.39 is 17.7 Å². The third kappa shape index (κ3) is 2.26. The first kappa shape index (κ1) is 14.5. The summed E-state index contributed by atoms with van der Waals surface area (Å²) in [5.74, 6) is 0.641. The molecule has 1 fully saturated rings. The second-order valence-electron chi connectivity index (χ2n) is 6.18. The van der Waals surface area contributed by atoms with E-state index in [-0.39, 0.29) is 11.7 Å². The van der Waals surface area contributed by atoms with Crippen LogP contribution in [-0.2, 0) is 4.79 Å². The molecule has 0 saturated carbocycles. The SMILES string of the molecule is CC(=O)c1cc2c(s1)[C@H](N1CCCC1=O)[C@@H](O)C(C)(C)O2. The minimum absolute atomic E-state index is 0.0307. The Bertz CT molecular complexity index is 607. The molecule has 1 N–H and O–H groups in total. The van der Waals surface area contributed by atoms with Crippen LogP contribution < -0.4 is 4.74 Å². The average molecular weight is 309 g/mol. The van der Waals surface area contributed by atoms with Gasteiger partial charge in [0.25, 0.3) is 0 Å². The van der Waals surface area contributed by atoms with Crippen LogP contribution >= 0.6 is 11.3 Å². The van der Waals surface area contributed by atoms with Gasteiger partial charge in [-0.2, -0.15) is 0 Å². The van der Waals surface area contributed by atoms with Crippen LogP contribution in [0, 0.1) is 0 Å². The Morgan fingerprint density at radius 3 is 2.81 bits per heavy atom. The maximum atomic E-state index is 12.1. The summed E-state index contributed by atoms with van der Waals surface area (Å²) in [6, 6.07) is 1.31. The summed E-state index contributed by atoms with van der Waals surface area (Å²) in [7, 11) is 0. The first-order chi connectivity index (χ1) is 9.81. The molecule has 5 nitrogen and oxygen atoms in total. The van der Waals surface area contributed by atoms with Crippen LogP contribution in [0.4, 0.5) is 0 Å². The van der Waals surface area contributed by atoms with E-state index in [4.69, 9.17) is 4.74 Å². The molecule has 0 aromatic carbocycles. The molecule has 0 aliphatic carbocycles. The Kier molecular flexibility index (Phi) is 3.33. The lowest BCUT2D eigenvalue weighted by Crippen LogP contribution is -2.53.